The molecule has 3 aliphatic heterocycles. The number of benzene rings is 2. The summed E-state index contributed by atoms with van der Waals surface area (Å²) in [4.78, 5) is 17.4. The van der Waals surface area contributed by atoms with E-state index in [4.69, 9.17) is 16.1 Å². The highest BCUT2D eigenvalue weighted by Gasteiger charge is 2.77. The van der Waals surface area contributed by atoms with Gasteiger partial charge < -0.3 is 15.0 Å². The molecule has 1 spiro atoms. The molecule has 2 aromatic heterocycles. The van der Waals surface area contributed by atoms with Crippen molar-refractivity contribution >= 4 is 27.5 Å². The maximum absolute atomic E-state index is 16.8. The number of halogens is 5. The Morgan fingerprint density at radius 2 is 1.98 bits per heavy atom. The monoisotopic (exact) mass is 648 g/mol. The molecule has 1 N–H and O–H groups in total. The van der Waals surface area contributed by atoms with Crippen LogP contribution in [0.25, 0.3) is 32.9 Å². The molecule has 244 valence electrons. The number of nitrogens with zero attached hydrogens (tertiary/aromatic N) is 5. The van der Waals surface area contributed by atoms with Gasteiger partial charge in [-0.05, 0) is 37.8 Å². The van der Waals surface area contributed by atoms with Gasteiger partial charge >= 0.3 is 6.01 Å². The van der Waals surface area contributed by atoms with Crippen LogP contribution in [0.2, 0.25) is 0 Å². The van der Waals surface area contributed by atoms with E-state index in [0.29, 0.717) is 27.5 Å². The van der Waals surface area contributed by atoms with Crippen LogP contribution in [0.15, 0.2) is 36.5 Å². The molecule has 0 unspecified atom stereocenters. The average Bonchev–Trinajstić information content (AvgIpc) is 3.38. The fourth-order valence-electron chi connectivity index (χ4n) is 8.42. The molecule has 5 atom stereocenters. The molecule has 1 aliphatic carbocycles. The predicted molar refractivity (Wildman–Crippen MR) is 168 cm³/mol. The van der Waals surface area contributed by atoms with Crippen LogP contribution in [0.5, 0.6) is 6.01 Å². The molecule has 4 fully saturated rings. The summed E-state index contributed by atoms with van der Waals surface area (Å²) >= 11 is 0. The molecule has 4 aromatic rings. The van der Waals surface area contributed by atoms with Crippen molar-refractivity contribution in [1.82, 2.24) is 25.2 Å². The number of pyridine rings is 1. The maximum atomic E-state index is 16.8. The first-order valence-corrected chi connectivity index (χ1v) is 15.9. The molecule has 3 saturated heterocycles. The van der Waals surface area contributed by atoms with Gasteiger partial charge in [-0.3, -0.25) is 9.88 Å². The van der Waals surface area contributed by atoms with Gasteiger partial charge in [-0.15, -0.1) is 6.42 Å². The Morgan fingerprint density at radius 3 is 2.70 bits per heavy atom. The summed E-state index contributed by atoms with van der Waals surface area (Å²) in [6, 6.07) is 7.93. The number of likely N-dealkylation sites (N-methyl/N-ethyl adjacent to an activating group) is 1. The second kappa shape index (κ2) is 10.5. The predicted octanol–water partition coefficient (Wildman–Crippen LogP) is 5.88. The van der Waals surface area contributed by atoms with Crippen molar-refractivity contribution in [3.63, 3.8) is 0 Å². The van der Waals surface area contributed by atoms with E-state index in [1.165, 1.54) is 12.3 Å². The molecular weight excluding hydrogens is 615 g/mol. The summed E-state index contributed by atoms with van der Waals surface area (Å²) in [6.07, 6.45) is 6.78. The Kier molecular flexibility index (Phi) is 6.74. The van der Waals surface area contributed by atoms with Gasteiger partial charge in [0, 0.05) is 62.2 Å². The van der Waals surface area contributed by atoms with Crippen LogP contribution in [-0.2, 0) is 0 Å². The standard InChI is InChI=1S/C35H33F5N6O/c1-4-22-25(37)9-8-20-6-5-7-23(27(20)22)29-28(38)30-24(13-42-29)31(45(3)26-10-11-41-19(26)2)44-32(43-30)47-18-34-12-21(36)14-46(34)17-33(15-34)16-35(33,39)40/h1,5-9,13,19,21,26,41H,10-12,14-18H2,2-3H3/t19-,21-,26-,33+,34-/m1/s1. The Hall–Kier alpha value is -4.08. The summed E-state index contributed by atoms with van der Waals surface area (Å²) in [6.45, 7) is 2.91. The lowest BCUT2D eigenvalue weighted by atomic mass is 9.88. The second-order valence-electron chi connectivity index (χ2n) is 13.7. The van der Waals surface area contributed by atoms with E-state index >= 15 is 4.39 Å². The number of terminal acetylenes is 1. The minimum atomic E-state index is -2.78. The molecule has 5 heterocycles. The molecule has 0 bridgehead atoms. The molecule has 0 amide bonds. The lowest BCUT2D eigenvalue weighted by Gasteiger charge is -2.31. The highest BCUT2D eigenvalue weighted by Crippen LogP contribution is 2.69. The SMILES string of the molecule is C#Cc1c(F)ccc2cccc(-c3ncc4c(N(C)[C@@H]5CCN[C@@H]5C)nc(OC[C@]56C[C@@H](F)CN5C[C@@]5(CC5(F)F)C6)nc4c3F)c12. The molecule has 4 aliphatic rings. The fourth-order valence-corrected chi connectivity index (χ4v) is 8.42. The number of ether oxygens (including phenoxy) is 1. The van der Waals surface area contributed by atoms with Crippen LogP contribution in [0, 0.1) is 29.4 Å². The molecule has 1 saturated carbocycles. The Labute approximate surface area is 268 Å². The van der Waals surface area contributed by atoms with Crippen molar-refractivity contribution in [2.45, 2.75) is 62.3 Å². The summed E-state index contributed by atoms with van der Waals surface area (Å²) in [5.41, 5.74) is -1.95. The largest absolute Gasteiger partial charge is 0.461 e. The third-order valence-electron chi connectivity index (χ3n) is 10.9. The highest BCUT2D eigenvalue weighted by atomic mass is 19.3. The van der Waals surface area contributed by atoms with Crippen molar-refractivity contribution in [1.29, 1.82) is 0 Å². The number of alkyl halides is 3. The van der Waals surface area contributed by atoms with Gasteiger partial charge in [0.1, 0.15) is 35.6 Å². The summed E-state index contributed by atoms with van der Waals surface area (Å²) < 4.78 is 81.3. The van der Waals surface area contributed by atoms with E-state index in [2.05, 4.69) is 28.1 Å². The van der Waals surface area contributed by atoms with Crippen molar-refractivity contribution in [3.8, 4) is 29.6 Å². The Morgan fingerprint density at radius 1 is 1.17 bits per heavy atom. The smallest absolute Gasteiger partial charge is 0.319 e. The van der Waals surface area contributed by atoms with Gasteiger partial charge in [-0.1, -0.05) is 30.2 Å². The molecule has 8 rings (SSSR count). The van der Waals surface area contributed by atoms with Crippen LogP contribution in [0.3, 0.4) is 0 Å². The van der Waals surface area contributed by atoms with Crippen LogP contribution in [-0.4, -0.2) is 82.9 Å². The normalized spacial score (nSPS) is 29.4. The van der Waals surface area contributed by atoms with Gasteiger partial charge in [-0.25, -0.2) is 22.0 Å². The third kappa shape index (κ3) is 4.57. The van der Waals surface area contributed by atoms with Gasteiger partial charge in [-0.2, -0.15) is 9.97 Å². The zero-order chi connectivity index (χ0) is 32.9. The lowest BCUT2D eigenvalue weighted by molar-refractivity contribution is 0.0634. The van der Waals surface area contributed by atoms with Crippen molar-refractivity contribution in [2.75, 3.05) is 38.2 Å². The number of fused-ring (bicyclic) bond motifs is 3. The number of aromatic nitrogens is 3. The van der Waals surface area contributed by atoms with Crippen LogP contribution in [0.1, 0.15) is 38.2 Å². The molecule has 0 radical (unpaired) electrons. The molecule has 2 aromatic carbocycles. The first kappa shape index (κ1) is 30.3. The lowest BCUT2D eigenvalue weighted by Crippen LogP contribution is -2.43. The summed E-state index contributed by atoms with van der Waals surface area (Å²) in [5, 5.41) is 4.72. The number of hydrogen-bond acceptors (Lipinski definition) is 7. The number of rotatable bonds is 6. The van der Waals surface area contributed by atoms with Crippen molar-refractivity contribution in [2.24, 2.45) is 5.41 Å². The Balaban J connectivity index is 1.24. The zero-order valence-corrected chi connectivity index (χ0v) is 26.0. The maximum Gasteiger partial charge on any atom is 0.319 e. The van der Waals surface area contributed by atoms with Gasteiger partial charge in [0.15, 0.2) is 5.82 Å². The molecule has 7 nitrogen and oxygen atoms in total. The van der Waals surface area contributed by atoms with E-state index in [0.717, 1.165) is 13.0 Å². The Bertz CT molecular complexity index is 1980. The van der Waals surface area contributed by atoms with Crippen LogP contribution >= 0.6 is 0 Å². The molecule has 47 heavy (non-hydrogen) atoms. The highest BCUT2D eigenvalue weighted by molar-refractivity contribution is 6.02. The van der Waals surface area contributed by atoms with E-state index in [1.807, 2.05) is 11.9 Å². The molecular formula is C35H33F5N6O. The zero-order valence-electron chi connectivity index (χ0n) is 26.0. The topological polar surface area (TPSA) is 66.4 Å². The van der Waals surface area contributed by atoms with Crippen molar-refractivity contribution < 1.29 is 26.7 Å². The minimum absolute atomic E-state index is 0.00336. The number of nitrogens with one attached hydrogen (secondary N) is 1. The van der Waals surface area contributed by atoms with Crippen LogP contribution < -0.4 is 15.0 Å². The van der Waals surface area contributed by atoms with E-state index in [-0.39, 0.29) is 73.8 Å². The number of anilines is 1. The van der Waals surface area contributed by atoms with Crippen molar-refractivity contribution in [3.05, 3.63) is 53.7 Å². The summed E-state index contributed by atoms with van der Waals surface area (Å²) in [5.74, 6) is -1.39. The van der Waals surface area contributed by atoms with Gasteiger partial charge in [0.2, 0.25) is 0 Å². The van der Waals surface area contributed by atoms with E-state index in [9.17, 15) is 17.6 Å². The fraction of sp³-hybridized carbons (Fsp3) is 0.457. The molecule has 12 heteroatoms. The minimum Gasteiger partial charge on any atom is -0.461 e. The van der Waals surface area contributed by atoms with Gasteiger partial charge in [0.25, 0.3) is 5.92 Å². The quantitative estimate of drug-likeness (QED) is 0.207. The second-order valence-corrected chi connectivity index (χ2v) is 13.7. The van der Waals surface area contributed by atoms with Gasteiger partial charge in [0.05, 0.1) is 21.9 Å². The first-order chi connectivity index (χ1) is 22.5. The third-order valence-corrected chi connectivity index (χ3v) is 10.9. The van der Waals surface area contributed by atoms with E-state index in [1.54, 1.807) is 29.2 Å². The summed E-state index contributed by atoms with van der Waals surface area (Å²) in [7, 11) is 1.86. The number of hydrogen-bond donors (Lipinski definition) is 1. The van der Waals surface area contributed by atoms with Crippen LogP contribution in [0.4, 0.5) is 27.8 Å². The van der Waals surface area contributed by atoms with E-state index < -0.39 is 34.7 Å². The average molecular weight is 649 g/mol. The first-order valence-electron chi connectivity index (χ1n) is 15.9.